The third-order valence-electron chi connectivity index (χ3n) is 9.63. The minimum Gasteiger partial charge on any atom is -0.481 e. The molecule has 1 fully saturated rings. The quantitative estimate of drug-likeness (QED) is 0.0542. The van der Waals surface area contributed by atoms with Gasteiger partial charge in [0.2, 0.25) is 23.6 Å². The average molecular weight is 818 g/mol. The van der Waals surface area contributed by atoms with Gasteiger partial charge in [0.1, 0.15) is 0 Å². The molecule has 4 amide bonds. The minimum absolute atomic E-state index is 0.104. The van der Waals surface area contributed by atoms with Crippen LogP contribution < -0.4 is 21.3 Å². The number of carboxylic acid groups (broad SMARTS) is 1. The van der Waals surface area contributed by atoms with E-state index < -0.39 is 61.0 Å². The fourth-order valence-corrected chi connectivity index (χ4v) is 6.21. The molecule has 1 aliphatic heterocycles. The second kappa shape index (κ2) is 23.4. The molecule has 2 aromatic rings. The van der Waals surface area contributed by atoms with E-state index in [2.05, 4.69) is 27.2 Å². The number of nitrogens with zero attached hydrogens (tertiary/aromatic N) is 1. The van der Waals surface area contributed by atoms with Crippen LogP contribution in [-0.2, 0) is 39.9 Å². The van der Waals surface area contributed by atoms with Crippen molar-refractivity contribution in [1.29, 1.82) is 0 Å². The smallest absolute Gasteiger partial charge is 0.418 e. The van der Waals surface area contributed by atoms with E-state index in [1.165, 1.54) is 12.1 Å². The highest BCUT2D eigenvalue weighted by atomic mass is 19.4. The number of likely N-dealkylation sites (N-methyl/N-ethyl adjacent to an activating group) is 1. The molecule has 2 atom stereocenters. The van der Waals surface area contributed by atoms with E-state index in [0.29, 0.717) is 62.7 Å². The first-order chi connectivity index (χ1) is 27.6. The number of alkyl halides is 3. The number of aliphatic hydroxyl groups excluding tert-OH is 1. The Hall–Kier alpha value is -5.02. The molecule has 0 bridgehead atoms. The summed E-state index contributed by atoms with van der Waals surface area (Å²) in [5.74, 6) is -0.173. The van der Waals surface area contributed by atoms with Gasteiger partial charge in [-0.1, -0.05) is 55.2 Å². The van der Waals surface area contributed by atoms with Gasteiger partial charge in [0, 0.05) is 37.2 Å². The summed E-state index contributed by atoms with van der Waals surface area (Å²) in [5, 5.41) is 29.3. The average Bonchev–Trinajstić information content (AvgIpc) is 3.19. The van der Waals surface area contributed by atoms with E-state index in [1.807, 2.05) is 17.0 Å². The molecule has 2 aromatic carbocycles. The number of unbranched alkanes of at least 4 members (excludes halogenated alkanes) is 4. The fourth-order valence-electron chi connectivity index (χ4n) is 6.21. The van der Waals surface area contributed by atoms with Crippen LogP contribution in [0.15, 0.2) is 48.5 Å². The van der Waals surface area contributed by atoms with E-state index in [1.54, 1.807) is 26.2 Å². The summed E-state index contributed by atoms with van der Waals surface area (Å²) in [6.45, 7) is -0.384. The molecule has 0 saturated carbocycles. The number of ether oxygens (including phenoxy) is 2. The summed E-state index contributed by atoms with van der Waals surface area (Å²) in [6, 6.07) is 11.7. The molecule has 1 heterocycles. The van der Waals surface area contributed by atoms with Crippen LogP contribution in [0.1, 0.15) is 86.9 Å². The van der Waals surface area contributed by atoms with Crippen molar-refractivity contribution < 1.29 is 56.8 Å². The van der Waals surface area contributed by atoms with Crippen molar-refractivity contribution >= 4 is 35.3 Å². The molecule has 0 spiro atoms. The highest BCUT2D eigenvalue weighted by Crippen LogP contribution is 2.35. The number of halogens is 3. The lowest BCUT2D eigenvalue weighted by Gasteiger charge is -2.37. The van der Waals surface area contributed by atoms with Crippen molar-refractivity contribution in [1.82, 2.24) is 20.9 Å². The molecule has 1 aliphatic rings. The maximum absolute atomic E-state index is 13.5. The molecule has 6 N–H and O–H groups in total. The lowest BCUT2D eigenvalue weighted by Crippen LogP contribution is -2.59. The number of amides is 4. The lowest BCUT2D eigenvalue weighted by molar-refractivity contribution is -0.229. The number of carbonyl (C=O) groups is 5. The van der Waals surface area contributed by atoms with Crippen LogP contribution >= 0.6 is 0 Å². The van der Waals surface area contributed by atoms with Crippen LogP contribution in [0.25, 0.3) is 0 Å². The van der Waals surface area contributed by atoms with E-state index in [4.69, 9.17) is 21.0 Å². The number of anilines is 1. The Morgan fingerprint density at radius 3 is 2.07 bits per heavy atom. The van der Waals surface area contributed by atoms with Gasteiger partial charge >= 0.3 is 12.1 Å². The number of carbonyl (C=O) groups excluding carboxylic acids is 4. The number of hydrogen-bond donors (Lipinski definition) is 6. The Labute approximate surface area is 336 Å². The summed E-state index contributed by atoms with van der Waals surface area (Å²) in [5.41, 5.74) is -0.201. The number of aliphatic hydroxyl groups is 1. The van der Waals surface area contributed by atoms with E-state index in [9.17, 15) is 42.3 Å². The summed E-state index contributed by atoms with van der Waals surface area (Å²) in [7, 11) is 3.60. The van der Waals surface area contributed by atoms with Gasteiger partial charge in [0.25, 0.3) is 0 Å². The van der Waals surface area contributed by atoms with E-state index in [-0.39, 0.29) is 36.9 Å². The molecule has 318 valence electrons. The number of terminal acetylenes is 1. The Kier molecular flexibility index (Phi) is 19.1. The molecule has 0 aliphatic carbocycles. The number of nitrogens with one attached hydrogen (secondary N) is 4. The number of carboxylic acids is 1. The SMILES string of the molecule is C#CCNC(=O)C1(C(=O)NCCCC[C@@H](C(=O)NCCc2ccc(NC(=O)CCCCCCC(=O)O)cc2)N(C)C)COC(c2ccc(C(O)C(F)(F)F)cc2)OC1. The zero-order chi connectivity index (χ0) is 42.7. The van der Waals surface area contributed by atoms with Crippen LogP contribution in [0, 0.1) is 17.8 Å². The lowest BCUT2D eigenvalue weighted by atomic mass is 9.86. The Morgan fingerprint density at radius 2 is 1.48 bits per heavy atom. The Balaban J connectivity index is 1.42. The Morgan fingerprint density at radius 1 is 0.862 bits per heavy atom. The van der Waals surface area contributed by atoms with E-state index in [0.717, 1.165) is 30.5 Å². The van der Waals surface area contributed by atoms with Crippen molar-refractivity contribution in [2.75, 3.05) is 52.3 Å². The first-order valence-corrected chi connectivity index (χ1v) is 19.2. The summed E-state index contributed by atoms with van der Waals surface area (Å²) < 4.78 is 50.1. The third-order valence-corrected chi connectivity index (χ3v) is 9.63. The predicted molar refractivity (Wildman–Crippen MR) is 208 cm³/mol. The van der Waals surface area contributed by atoms with Gasteiger partial charge in [-0.2, -0.15) is 13.2 Å². The van der Waals surface area contributed by atoms with Crippen molar-refractivity contribution in [3.05, 3.63) is 65.2 Å². The number of aliphatic carboxylic acids is 1. The Bertz CT molecular complexity index is 1690. The standard InChI is InChI=1S/C41H54F3N5O9/c1-4-23-46-38(55)40(26-57-37(58-27-40)30-18-16-29(17-19-30)35(53)41(42,43)44)39(56)47-24-10-9-11-32(49(2)3)36(54)45-25-22-28-14-20-31(21-15-28)48-33(50)12-7-5-6-8-13-34(51)52/h1,14-21,32,35,37,53H,5-13,22-27H2,2-3H3,(H,45,54)(H,46,55)(H,47,56)(H,48,50)(H,51,52)/t32-,35?,37?,40?/m0/s1. The molecule has 0 aromatic heterocycles. The van der Waals surface area contributed by atoms with Crippen molar-refractivity contribution in [3.8, 4) is 12.3 Å². The molecule has 1 saturated heterocycles. The number of hydrogen-bond acceptors (Lipinski definition) is 9. The molecule has 17 heteroatoms. The van der Waals surface area contributed by atoms with Crippen molar-refractivity contribution in [2.45, 2.75) is 88.8 Å². The molecule has 3 rings (SSSR count). The van der Waals surface area contributed by atoms with Crippen molar-refractivity contribution in [2.24, 2.45) is 5.41 Å². The van der Waals surface area contributed by atoms with Crippen LogP contribution in [0.3, 0.4) is 0 Å². The third kappa shape index (κ3) is 15.1. The van der Waals surface area contributed by atoms with Gasteiger partial charge in [0.15, 0.2) is 17.8 Å². The zero-order valence-corrected chi connectivity index (χ0v) is 32.9. The van der Waals surface area contributed by atoms with Crippen LogP contribution in [0.4, 0.5) is 18.9 Å². The topological polar surface area (TPSA) is 196 Å². The molecule has 1 unspecified atom stereocenters. The molecular formula is C41H54F3N5O9. The minimum atomic E-state index is -4.84. The number of rotatable bonds is 23. The van der Waals surface area contributed by atoms with Gasteiger partial charge in [0.05, 0.1) is 25.8 Å². The second-order valence-corrected chi connectivity index (χ2v) is 14.4. The van der Waals surface area contributed by atoms with Gasteiger partial charge < -0.3 is 41.0 Å². The van der Waals surface area contributed by atoms with Gasteiger partial charge in [-0.05, 0) is 75.9 Å². The molecule has 14 nitrogen and oxygen atoms in total. The molecular weight excluding hydrogens is 763 g/mol. The summed E-state index contributed by atoms with van der Waals surface area (Å²) >= 11 is 0. The fraction of sp³-hybridized carbons (Fsp3) is 0.537. The predicted octanol–water partition coefficient (Wildman–Crippen LogP) is 4.00. The van der Waals surface area contributed by atoms with Crippen LogP contribution in [-0.4, -0.2) is 104 Å². The van der Waals surface area contributed by atoms with Crippen molar-refractivity contribution in [3.63, 3.8) is 0 Å². The number of benzene rings is 2. The first kappa shape index (κ1) is 47.4. The maximum Gasteiger partial charge on any atom is 0.418 e. The van der Waals surface area contributed by atoms with Crippen LogP contribution in [0.5, 0.6) is 0 Å². The summed E-state index contributed by atoms with van der Waals surface area (Å²) in [4.78, 5) is 64.3. The van der Waals surface area contributed by atoms with Gasteiger partial charge in [-0.25, -0.2) is 0 Å². The highest BCUT2D eigenvalue weighted by Gasteiger charge is 2.50. The zero-order valence-electron chi connectivity index (χ0n) is 32.9. The van der Waals surface area contributed by atoms with Gasteiger partial charge in [-0.3, -0.25) is 28.9 Å². The van der Waals surface area contributed by atoms with Crippen LogP contribution in [0.2, 0.25) is 0 Å². The molecule has 58 heavy (non-hydrogen) atoms. The second-order valence-electron chi connectivity index (χ2n) is 14.4. The first-order valence-electron chi connectivity index (χ1n) is 19.2. The highest BCUT2D eigenvalue weighted by molar-refractivity contribution is 6.05. The molecule has 0 radical (unpaired) electrons. The van der Waals surface area contributed by atoms with E-state index >= 15 is 0 Å². The largest absolute Gasteiger partial charge is 0.481 e. The summed E-state index contributed by atoms with van der Waals surface area (Å²) in [6.07, 6.45) is 2.19. The van der Waals surface area contributed by atoms with Gasteiger partial charge in [-0.15, -0.1) is 6.42 Å². The monoisotopic (exact) mass is 817 g/mol. The normalized spacial score (nSPS) is 17.7. The maximum atomic E-state index is 13.5.